The van der Waals surface area contributed by atoms with E-state index in [-0.39, 0.29) is 5.95 Å². The molecule has 0 aliphatic heterocycles. The van der Waals surface area contributed by atoms with Crippen molar-refractivity contribution in [1.29, 1.82) is 0 Å². The monoisotopic (exact) mass is 325 g/mol. The maximum atomic E-state index is 6.23. The molecule has 0 spiro atoms. The molecular formula is C17H16ClN5. The smallest absolute Gasteiger partial charge is 0.220 e. The van der Waals surface area contributed by atoms with E-state index in [0.717, 1.165) is 27.7 Å². The maximum Gasteiger partial charge on any atom is 0.220 e. The number of rotatable bonds is 3. The van der Waals surface area contributed by atoms with E-state index in [9.17, 15) is 0 Å². The molecule has 0 amide bonds. The van der Waals surface area contributed by atoms with Gasteiger partial charge in [-0.3, -0.25) is 0 Å². The molecule has 3 rings (SSSR count). The number of hydrogen-bond acceptors (Lipinski definition) is 4. The minimum atomic E-state index is 0.272. The number of hydrogen-bond donors (Lipinski definition) is 1. The van der Waals surface area contributed by atoms with Gasteiger partial charge in [0.15, 0.2) is 0 Å². The summed E-state index contributed by atoms with van der Waals surface area (Å²) in [4.78, 5) is 14.5. The second-order valence-corrected chi connectivity index (χ2v) is 5.84. The molecule has 3 aromatic rings. The number of halogens is 1. The first kappa shape index (κ1) is 15.2. The molecular weight excluding hydrogens is 310 g/mol. The zero-order valence-corrected chi connectivity index (χ0v) is 13.6. The van der Waals surface area contributed by atoms with Crippen LogP contribution >= 0.6 is 11.6 Å². The predicted molar refractivity (Wildman–Crippen MR) is 96.2 cm³/mol. The summed E-state index contributed by atoms with van der Waals surface area (Å²) in [6, 6.07) is 11.7. The van der Waals surface area contributed by atoms with Crippen LogP contribution < -0.4 is 5.73 Å². The molecule has 0 aliphatic rings. The summed E-state index contributed by atoms with van der Waals surface area (Å²) < 4.78 is 0. The van der Waals surface area contributed by atoms with Crippen molar-refractivity contribution >= 4 is 40.5 Å². The topological polar surface area (TPSA) is 67.4 Å². The van der Waals surface area contributed by atoms with Crippen molar-refractivity contribution < 1.29 is 0 Å². The van der Waals surface area contributed by atoms with Gasteiger partial charge in [-0.25, -0.2) is 15.0 Å². The maximum absolute atomic E-state index is 6.23. The van der Waals surface area contributed by atoms with E-state index in [2.05, 4.69) is 15.0 Å². The van der Waals surface area contributed by atoms with E-state index in [1.54, 1.807) is 12.5 Å². The van der Waals surface area contributed by atoms with E-state index in [0.29, 0.717) is 5.02 Å². The van der Waals surface area contributed by atoms with Crippen LogP contribution in [-0.4, -0.2) is 35.3 Å². The van der Waals surface area contributed by atoms with Crippen molar-refractivity contribution in [3.8, 4) is 11.1 Å². The molecule has 2 N–H and O–H groups in total. The van der Waals surface area contributed by atoms with Crippen LogP contribution in [0, 0.1) is 0 Å². The van der Waals surface area contributed by atoms with Crippen molar-refractivity contribution in [2.24, 2.45) is 4.99 Å². The zero-order valence-electron chi connectivity index (χ0n) is 12.9. The van der Waals surface area contributed by atoms with Crippen molar-refractivity contribution in [1.82, 2.24) is 14.9 Å². The third kappa shape index (κ3) is 3.57. The zero-order chi connectivity index (χ0) is 16.4. The number of nitrogens with two attached hydrogens (primary N) is 1. The summed E-state index contributed by atoms with van der Waals surface area (Å²) in [5, 5.41) is 1.57. The van der Waals surface area contributed by atoms with Crippen LogP contribution in [0.15, 0.2) is 47.6 Å². The van der Waals surface area contributed by atoms with E-state index < -0.39 is 0 Å². The molecule has 5 nitrogen and oxygen atoms in total. The number of fused-ring (bicyclic) bond motifs is 1. The third-order valence-electron chi connectivity index (χ3n) is 3.25. The fourth-order valence-electron chi connectivity index (χ4n) is 2.22. The van der Waals surface area contributed by atoms with Crippen molar-refractivity contribution in [3.05, 3.63) is 47.6 Å². The Labute approximate surface area is 139 Å². The second-order valence-electron chi connectivity index (χ2n) is 5.41. The number of nitrogens with zero attached hydrogens (tertiary/aromatic N) is 4. The van der Waals surface area contributed by atoms with Crippen molar-refractivity contribution in [2.45, 2.75) is 0 Å². The first-order chi connectivity index (χ1) is 11.0. The van der Waals surface area contributed by atoms with Gasteiger partial charge in [0, 0.05) is 30.7 Å². The fraction of sp³-hybridized carbons (Fsp3) is 0.118. The van der Waals surface area contributed by atoms with Crippen molar-refractivity contribution in [2.75, 3.05) is 19.8 Å². The molecule has 2 aromatic carbocycles. The number of aromatic nitrogens is 2. The van der Waals surface area contributed by atoms with Gasteiger partial charge < -0.3 is 10.6 Å². The highest BCUT2D eigenvalue weighted by Gasteiger charge is 2.05. The van der Waals surface area contributed by atoms with Crippen LogP contribution in [0.4, 0.5) is 11.6 Å². The first-order valence-corrected chi connectivity index (χ1v) is 7.43. The molecule has 1 aromatic heterocycles. The summed E-state index contributed by atoms with van der Waals surface area (Å²) in [5.74, 6) is 0.272. The number of anilines is 1. The largest absolute Gasteiger partial charge is 0.369 e. The summed E-state index contributed by atoms with van der Waals surface area (Å²) in [6.45, 7) is 0. The molecule has 1 heterocycles. The molecule has 0 atom stereocenters. The predicted octanol–water partition coefficient (Wildman–Crippen LogP) is 3.75. The van der Waals surface area contributed by atoms with Crippen LogP contribution in [0.2, 0.25) is 5.02 Å². The highest BCUT2D eigenvalue weighted by Crippen LogP contribution is 2.30. The quantitative estimate of drug-likeness (QED) is 0.588. The van der Waals surface area contributed by atoms with Gasteiger partial charge >= 0.3 is 0 Å². The lowest BCUT2D eigenvalue weighted by Gasteiger charge is -2.07. The Hall–Kier alpha value is -2.66. The van der Waals surface area contributed by atoms with Gasteiger partial charge in [0.2, 0.25) is 5.95 Å². The number of aliphatic imine (C=N–C) groups is 1. The lowest BCUT2D eigenvalue weighted by Crippen LogP contribution is -2.06. The molecule has 0 saturated carbocycles. The SMILES string of the molecule is CN(C)C=Nc1cc(Cl)cc(-c2ccc3nc(N)ncc3c2)c1. The van der Waals surface area contributed by atoms with Crippen LogP contribution in [0.3, 0.4) is 0 Å². The number of benzene rings is 2. The van der Waals surface area contributed by atoms with Gasteiger partial charge in [-0.2, -0.15) is 0 Å². The average molecular weight is 326 g/mol. The highest BCUT2D eigenvalue weighted by atomic mass is 35.5. The Morgan fingerprint density at radius 2 is 1.96 bits per heavy atom. The van der Waals surface area contributed by atoms with E-state index >= 15 is 0 Å². The van der Waals surface area contributed by atoms with E-state index in [1.165, 1.54) is 0 Å². The Morgan fingerprint density at radius 3 is 2.74 bits per heavy atom. The number of nitrogen functional groups attached to an aromatic ring is 1. The third-order valence-corrected chi connectivity index (χ3v) is 3.47. The van der Waals surface area contributed by atoms with Gasteiger partial charge in [0.1, 0.15) is 0 Å². The minimum Gasteiger partial charge on any atom is -0.369 e. The van der Waals surface area contributed by atoms with Gasteiger partial charge in [0.05, 0.1) is 17.5 Å². The molecule has 0 fully saturated rings. The van der Waals surface area contributed by atoms with Crippen LogP contribution in [-0.2, 0) is 0 Å². The van der Waals surface area contributed by atoms with E-state index in [4.69, 9.17) is 17.3 Å². The Kier molecular flexibility index (Phi) is 4.12. The summed E-state index contributed by atoms with van der Waals surface area (Å²) in [7, 11) is 3.84. The Balaban J connectivity index is 2.05. The van der Waals surface area contributed by atoms with Gasteiger partial charge in [-0.05, 0) is 41.5 Å². The first-order valence-electron chi connectivity index (χ1n) is 7.05. The molecule has 116 valence electrons. The van der Waals surface area contributed by atoms with Crippen LogP contribution in [0.1, 0.15) is 0 Å². The summed E-state index contributed by atoms with van der Waals surface area (Å²) >= 11 is 6.23. The molecule has 23 heavy (non-hydrogen) atoms. The highest BCUT2D eigenvalue weighted by molar-refractivity contribution is 6.31. The molecule has 0 bridgehead atoms. The Bertz CT molecular complexity index is 889. The fourth-order valence-corrected chi connectivity index (χ4v) is 2.45. The molecule has 0 saturated heterocycles. The van der Waals surface area contributed by atoms with Crippen LogP contribution in [0.25, 0.3) is 22.0 Å². The van der Waals surface area contributed by atoms with Gasteiger partial charge in [-0.1, -0.05) is 17.7 Å². The van der Waals surface area contributed by atoms with E-state index in [1.807, 2.05) is 55.4 Å². The molecule has 6 heteroatoms. The average Bonchev–Trinajstić information content (AvgIpc) is 2.52. The lowest BCUT2D eigenvalue weighted by atomic mass is 10.0. The lowest BCUT2D eigenvalue weighted by molar-refractivity contribution is 0.643. The normalized spacial score (nSPS) is 11.3. The second kappa shape index (κ2) is 6.22. The molecule has 0 unspecified atom stereocenters. The summed E-state index contributed by atoms with van der Waals surface area (Å²) in [5.41, 5.74) is 9.24. The molecule has 0 aliphatic carbocycles. The standard InChI is InChI=1S/C17H16ClN5/c1-23(2)10-21-15-7-12(6-14(18)8-15)11-3-4-16-13(5-11)9-20-17(19)22-16/h3-10H,1-2H3,(H2,19,20,22). The van der Waals surface area contributed by atoms with Crippen molar-refractivity contribution in [3.63, 3.8) is 0 Å². The van der Waals surface area contributed by atoms with Gasteiger partial charge in [0.25, 0.3) is 0 Å². The minimum absolute atomic E-state index is 0.272. The van der Waals surface area contributed by atoms with Gasteiger partial charge in [-0.15, -0.1) is 0 Å². The van der Waals surface area contributed by atoms with Crippen LogP contribution in [0.5, 0.6) is 0 Å². The Morgan fingerprint density at radius 1 is 1.13 bits per heavy atom. The summed E-state index contributed by atoms with van der Waals surface area (Å²) in [6.07, 6.45) is 3.46. The molecule has 0 radical (unpaired) electrons.